The first-order valence-electron chi connectivity index (χ1n) is 12.3. The Morgan fingerprint density at radius 2 is 1.55 bits per heavy atom. The minimum absolute atomic E-state index is 0.0619. The summed E-state index contributed by atoms with van der Waals surface area (Å²) in [5, 5.41) is 8.09. The molecule has 0 aliphatic carbocycles. The molecule has 2 aromatic rings. The zero-order valence-electron chi connectivity index (χ0n) is 22.6. The van der Waals surface area contributed by atoms with Crippen LogP contribution >= 0.6 is 0 Å². The molecular weight excluding hydrogens is 488 g/mol. The van der Waals surface area contributed by atoms with Gasteiger partial charge in [0.05, 0.1) is 11.1 Å². The Hall–Kier alpha value is -4.21. The minimum atomic E-state index is -0.676. The van der Waals surface area contributed by atoms with E-state index in [2.05, 4.69) is 16.0 Å². The second kappa shape index (κ2) is 11.0. The maximum absolute atomic E-state index is 12.8. The number of fused-ring (bicyclic) bond motifs is 1. The number of carbonyl (C=O) groups excluding carboxylic acids is 5. The minimum Gasteiger partial charge on any atom is -0.444 e. The molecule has 0 saturated carbocycles. The molecule has 10 heteroatoms. The number of hydrogen-bond donors (Lipinski definition) is 3. The highest BCUT2D eigenvalue weighted by atomic mass is 16.6. The Morgan fingerprint density at radius 3 is 2.21 bits per heavy atom. The van der Waals surface area contributed by atoms with Crippen LogP contribution in [0, 0.1) is 0 Å². The van der Waals surface area contributed by atoms with E-state index in [0.717, 1.165) is 5.56 Å². The van der Waals surface area contributed by atoms with E-state index in [0.29, 0.717) is 5.69 Å². The average molecular weight is 523 g/mol. The number of anilines is 1. The van der Waals surface area contributed by atoms with Crippen molar-refractivity contribution < 1.29 is 28.7 Å². The SMILES string of the molecule is CC(C)(C)OC(=O)NCCC(=O)Nc1cccc(CNC(=O)c2ccc3c(c2)C(=O)N(C(C)(C)C)C3=O)c1. The fraction of sp³-hybridized carbons (Fsp3) is 0.393. The summed E-state index contributed by atoms with van der Waals surface area (Å²) in [5.41, 5.74) is 0.756. The fourth-order valence-electron chi connectivity index (χ4n) is 3.85. The van der Waals surface area contributed by atoms with Crippen LogP contribution in [-0.2, 0) is 16.1 Å². The number of alkyl carbamates (subject to hydrolysis) is 1. The van der Waals surface area contributed by atoms with Gasteiger partial charge in [-0.2, -0.15) is 0 Å². The highest BCUT2D eigenvalue weighted by molar-refractivity contribution is 6.22. The van der Waals surface area contributed by atoms with Gasteiger partial charge in [0.2, 0.25) is 5.91 Å². The van der Waals surface area contributed by atoms with Crippen molar-refractivity contribution in [2.45, 2.75) is 65.6 Å². The summed E-state index contributed by atoms with van der Waals surface area (Å²) in [7, 11) is 0. The van der Waals surface area contributed by atoms with E-state index in [-0.39, 0.29) is 48.0 Å². The van der Waals surface area contributed by atoms with Gasteiger partial charge in [0.25, 0.3) is 17.7 Å². The zero-order chi connectivity index (χ0) is 28.3. The van der Waals surface area contributed by atoms with Crippen LogP contribution in [-0.4, -0.2) is 52.3 Å². The van der Waals surface area contributed by atoms with Gasteiger partial charge in [-0.1, -0.05) is 12.1 Å². The lowest BCUT2D eigenvalue weighted by Crippen LogP contribution is -2.45. The smallest absolute Gasteiger partial charge is 0.407 e. The van der Waals surface area contributed by atoms with Crippen molar-refractivity contribution in [3.05, 3.63) is 64.7 Å². The fourth-order valence-corrected chi connectivity index (χ4v) is 3.85. The van der Waals surface area contributed by atoms with E-state index in [1.807, 2.05) is 0 Å². The van der Waals surface area contributed by atoms with Crippen molar-refractivity contribution >= 4 is 35.4 Å². The third-order valence-electron chi connectivity index (χ3n) is 5.50. The van der Waals surface area contributed by atoms with Gasteiger partial charge in [0.15, 0.2) is 0 Å². The molecule has 0 atom stereocenters. The van der Waals surface area contributed by atoms with Gasteiger partial charge < -0.3 is 20.7 Å². The molecule has 38 heavy (non-hydrogen) atoms. The molecule has 1 aliphatic heterocycles. The molecule has 0 radical (unpaired) electrons. The van der Waals surface area contributed by atoms with Crippen LogP contribution in [0.25, 0.3) is 0 Å². The molecular formula is C28H34N4O6. The molecule has 0 fully saturated rings. The van der Waals surface area contributed by atoms with E-state index < -0.39 is 29.0 Å². The highest BCUT2D eigenvalue weighted by Gasteiger charge is 2.42. The van der Waals surface area contributed by atoms with Crippen LogP contribution in [0.1, 0.15) is 84.6 Å². The van der Waals surface area contributed by atoms with Crippen LogP contribution in [0.4, 0.5) is 10.5 Å². The van der Waals surface area contributed by atoms with Crippen molar-refractivity contribution in [1.29, 1.82) is 0 Å². The summed E-state index contributed by atoms with van der Waals surface area (Å²) in [6.07, 6.45) is -0.527. The Bertz CT molecular complexity index is 1270. The lowest BCUT2D eigenvalue weighted by Gasteiger charge is -2.29. The van der Waals surface area contributed by atoms with E-state index >= 15 is 0 Å². The molecule has 2 aromatic carbocycles. The van der Waals surface area contributed by atoms with Crippen molar-refractivity contribution in [3.8, 4) is 0 Å². The van der Waals surface area contributed by atoms with E-state index in [1.54, 1.807) is 65.8 Å². The number of imide groups is 1. The lowest BCUT2D eigenvalue weighted by atomic mass is 10.1. The third kappa shape index (κ3) is 7.18. The molecule has 0 bridgehead atoms. The largest absolute Gasteiger partial charge is 0.444 e. The first kappa shape index (κ1) is 28.4. The second-order valence-corrected chi connectivity index (χ2v) is 11.0. The second-order valence-electron chi connectivity index (χ2n) is 11.0. The van der Waals surface area contributed by atoms with Gasteiger partial charge in [-0.3, -0.25) is 24.1 Å². The quantitative estimate of drug-likeness (QED) is 0.473. The number of nitrogens with zero attached hydrogens (tertiary/aromatic N) is 1. The van der Waals surface area contributed by atoms with Crippen molar-refractivity contribution in [2.24, 2.45) is 0 Å². The van der Waals surface area contributed by atoms with Gasteiger partial charge in [0.1, 0.15) is 5.60 Å². The lowest BCUT2D eigenvalue weighted by molar-refractivity contribution is -0.116. The van der Waals surface area contributed by atoms with Crippen LogP contribution in [0.5, 0.6) is 0 Å². The van der Waals surface area contributed by atoms with Crippen LogP contribution in [0.2, 0.25) is 0 Å². The average Bonchev–Trinajstić information content (AvgIpc) is 3.06. The molecule has 3 N–H and O–H groups in total. The molecule has 0 unspecified atom stereocenters. The number of ether oxygens (including phenoxy) is 1. The number of rotatable bonds is 7. The predicted molar refractivity (Wildman–Crippen MR) is 142 cm³/mol. The number of benzene rings is 2. The first-order valence-corrected chi connectivity index (χ1v) is 12.3. The topological polar surface area (TPSA) is 134 Å². The molecule has 0 aromatic heterocycles. The summed E-state index contributed by atoms with van der Waals surface area (Å²) in [6.45, 7) is 10.9. The molecule has 1 aliphatic rings. The van der Waals surface area contributed by atoms with Gasteiger partial charge >= 0.3 is 6.09 Å². The molecule has 3 rings (SSSR count). The molecule has 10 nitrogen and oxygen atoms in total. The van der Waals surface area contributed by atoms with Crippen LogP contribution in [0.3, 0.4) is 0 Å². The number of carbonyl (C=O) groups is 5. The maximum atomic E-state index is 12.8. The number of amides is 5. The van der Waals surface area contributed by atoms with Gasteiger partial charge in [-0.25, -0.2) is 4.79 Å². The Labute approximate surface area is 222 Å². The van der Waals surface area contributed by atoms with Gasteiger partial charge in [0, 0.05) is 36.3 Å². The van der Waals surface area contributed by atoms with Crippen molar-refractivity contribution in [1.82, 2.24) is 15.5 Å². The molecule has 1 heterocycles. The zero-order valence-corrected chi connectivity index (χ0v) is 22.6. The molecule has 0 spiro atoms. The maximum Gasteiger partial charge on any atom is 0.407 e. The Kier molecular flexibility index (Phi) is 8.24. The summed E-state index contributed by atoms with van der Waals surface area (Å²) < 4.78 is 5.13. The van der Waals surface area contributed by atoms with Crippen molar-refractivity contribution in [3.63, 3.8) is 0 Å². The summed E-state index contributed by atoms with van der Waals surface area (Å²) >= 11 is 0. The molecule has 202 valence electrons. The van der Waals surface area contributed by atoms with Gasteiger partial charge in [-0.15, -0.1) is 0 Å². The first-order chi connectivity index (χ1) is 17.7. The van der Waals surface area contributed by atoms with Crippen LogP contribution < -0.4 is 16.0 Å². The third-order valence-corrected chi connectivity index (χ3v) is 5.50. The van der Waals surface area contributed by atoms with Crippen molar-refractivity contribution in [2.75, 3.05) is 11.9 Å². The molecule has 0 saturated heterocycles. The monoisotopic (exact) mass is 522 g/mol. The predicted octanol–water partition coefficient (Wildman–Crippen LogP) is 3.86. The molecule has 5 amide bonds. The summed E-state index contributed by atoms with van der Waals surface area (Å²) in [4.78, 5) is 63.3. The number of nitrogens with one attached hydrogen (secondary N) is 3. The van der Waals surface area contributed by atoms with E-state index in [4.69, 9.17) is 4.74 Å². The Morgan fingerprint density at radius 1 is 0.868 bits per heavy atom. The summed E-state index contributed by atoms with van der Waals surface area (Å²) in [5.74, 6) is -1.48. The van der Waals surface area contributed by atoms with E-state index in [1.165, 1.54) is 23.1 Å². The highest BCUT2D eigenvalue weighted by Crippen LogP contribution is 2.29. The van der Waals surface area contributed by atoms with Crippen LogP contribution in [0.15, 0.2) is 42.5 Å². The standard InChI is InChI=1S/C28H34N4O6/c1-27(2,3)32-24(35)20-11-10-18(15-21(20)25(32)36)23(34)30-16-17-8-7-9-19(14-17)31-22(33)12-13-29-26(37)38-28(4,5)6/h7-11,14-15H,12-13,16H2,1-6H3,(H,29,37)(H,30,34)(H,31,33). The normalized spacial score (nSPS) is 13.2. The van der Waals surface area contributed by atoms with Gasteiger partial charge in [-0.05, 0) is 77.4 Å². The van der Waals surface area contributed by atoms with E-state index in [9.17, 15) is 24.0 Å². The Balaban J connectivity index is 1.54. The summed E-state index contributed by atoms with van der Waals surface area (Å²) in [6, 6.07) is 11.5. The number of hydrogen-bond acceptors (Lipinski definition) is 6.